The topological polar surface area (TPSA) is 46.6 Å². The molecule has 0 aliphatic carbocycles. The Morgan fingerprint density at radius 3 is 2.62 bits per heavy atom. The molecule has 0 N–H and O–H groups in total. The van der Waals surface area contributed by atoms with Crippen molar-refractivity contribution < 1.29 is 18.7 Å². The van der Waals surface area contributed by atoms with Gasteiger partial charge in [0, 0.05) is 22.5 Å². The lowest BCUT2D eigenvalue weighted by molar-refractivity contribution is -0.136. The number of ether oxygens (including phenoxy) is 1. The molecule has 0 saturated carbocycles. The summed E-state index contributed by atoms with van der Waals surface area (Å²) in [5.41, 5.74) is 2.93. The summed E-state index contributed by atoms with van der Waals surface area (Å²) in [6.45, 7) is 1.97. The van der Waals surface area contributed by atoms with E-state index < -0.39 is 17.7 Å². The third-order valence-electron chi connectivity index (χ3n) is 4.74. The average molecular weight is 416 g/mol. The number of carbonyl (C=O) groups excluding carboxylic acids is 2. The standard InChI is InChI=1S/C20H15BrFNO3/c1-11-2-5-13(6-3-11)23-17-10-26-20(25)19(17)15(9-18(23)24)14-8-12(21)4-7-16(14)22/h2-8,15H,9-10H2,1H3. The maximum atomic E-state index is 14.4. The van der Waals surface area contributed by atoms with Crippen LogP contribution in [0, 0.1) is 12.7 Å². The number of anilines is 1. The average Bonchev–Trinajstić information content (AvgIpc) is 2.99. The molecule has 0 spiro atoms. The third kappa shape index (κ3) is 2.74. The van der Waals surface area contributed by atoms with Crippen molar-refractivity contribution in [2.75, 3.05) is 11.5 Å². The molecule has 2 aliphatic rings. The van der Waals surface area contributed by atoms with Crippen LogP contribution in [0.1, 0.15) is 23.5 Å². The molecule has 1 atom stereocenters. The SMILES string of the molecule is Cc1ccc(N2C(=O)CC(c3cc(Br)ccc3F)C3=C2COC3=O)cc1. The highest BCUT2D eigenvalue weighted by Crippen LogP contribution is 2.43. The molecule has 1 unspecified atom stereocenters. The third-order valence-corrected chi connectivity index (χ3v) is 5.24. The molecule has 1 amide bonds. The first-order valence-electron chi connectivity index (χ1n) is 8.20. The van der Waals surface area contributed by atoms with Crippen molar-refractivity contribution in [3.05, 3.63) is 75.2 Å². The lowest BCUT2D eigenvalue weighted by Crippen LogP contribution is -2.37. The summed E-state index contributed by atoms with van der Waals surface area (Å²) < 4.78 is 20.3. The largest absolute Gasteiger partial charge is 0.456 e. The van der Waals surface area contributed by atoms with E-state index in [-0.39, 0.29) is 18.9 Å². The lowest BCUT2D eigenvalue weighted by Gasteiger charge is -2.32. The van der Waals surface area contributed by atoms with Crippen LogP contribution in [0.4, 0.5) is 10.1 Å². The molecule has 4 nitrogen and oxygen atoms in total. The molecule has 0 aromatic heterocycles. The van der Waals surface area contributed by atoms with Gasteiger partial charge < -0.3 is 4.74 Å². The van der Waals surface area contributed by atoms with E-state index >= 15 is 0 Å². The normalized spacial score (nSPS) is 19.7. The highest BCUT2D eigenvalue weighted by atomic mass is 79.9. The zero-order chi connectivity index (χ0) is 18.4. The van der Waals surface area contributed by atoms with Gasteiger partial charge in [0.15, 0.2) is 0 Å². The second kappa shape index (κ2) is 6.36. The maximum Gasteiger partial charge on any atom is 0.336 e. The number of amides is 1. The summed E-state index contributed by atoms with van der Waals surface area (Å²) in [4.78, 5) is 26.8. The monoisotopic (exact) mass is 415 g/mol. The number of hydrogen-bond acceptors (Lipinski definition) is 3. The predicted molar refractivity (Wildman–Crippen MR) is 98.1 cm³/mol. The summed E-state index contributed by atoms with van der Waals surface area (Å²) in [6, 6.07) is 12.0. The molecule has 0 fully saturated rings. The van der Waals surface area contributed by atoms with Gasteiger partial charge in [-0.2, -0.15) is 0 Å². The van der Waals surface area contributed by atoms with Crippen molar-refractivity contribution in [2.45, 2.75) is 19.3 Å². The van der Waals surface area contributed by atoms with E-state index in [2.05, 4.69) is 15.9 Å². The van der Waals surface area contributed by atoms with E-state index in [9.17, 15) is 14.0 Å². The van der Waals surface area contributed by atoms with E-state index in [1.807, 2.05) is 31.2 Å². The van der Waals surface area contributed by atoms with Gasteiger partial charge >= 0.3 is 5.97 Å². The Morgan fingerprint density at radius 2 is 1.88 bits per heavy atom. The summed E-state index contributed by atoms with van der Waals surface area (Å²) in [7, 11) is 0. The minimum atomic E-state index is -0.647. The van der Waals surface area contributed by atoms with Crippen molar-refractivity contribution in [1.82, 2.24) is 0 Å². The number of esters is 1. The Hall–Kier alpha value is -2.47. The molecular weight excluding hydrogens is 401 g/mol. The van der Waals surface area contributed by atoms with Gasteiger partial charge in [-0.25, -0.2) is 9.18 Å². The van der Waals surface area contributed by atoms with Crippen LogP contribution >= 0.6 is 15.9 Å². The second-order valence-corrected chi connectivity index (χ2v) is 7.34. The molecule has 6 heteroatoms. The Labute approximate surface area is 158 Å². The van der Waals surface area contributed by atoms with Gasteiger partial charge in [0.25, 0.3) is 0 Å². The highest BCUT2D eigenvalue weighted by Gasteiger charge is 2.43. The Bertz CT molecular complexity index is 952. The number of halogens is 2. The van der Waals surface area contributed by atoms with E-state index in [0.717, 1.165) is 5.56 Å². The molecule has 4 rings (SSSR count). The predicted octanol–water partition coefficient (Wildman–Crippen LogP) is 4.23. The van der Waals surface area contributed by atoms with Crippen LogP contribution < -0.4 is 4.90 Å². The van der Waals surface area contributed by atoms with Crippen LogP contribution in [0.2, 0.25) is 0 Å². The first-order valence-corrected chi connectivity index (χ1v) is 8.99. The molecule has 26 heavy (non-hydrogen) atoms. The number of carbonyl (C=O) groups is 2. The maximum absolute atomic E-state index is 14.4. The number of benzene rings is 2. The number of rotatable bonds is 2. The van der Waals surface area contributed by atoms with Gasteiger partial charge in [-0.3, -0.25) is 9.69 Å². The molecular formula is C20H15BrFNO3. The minimum Gasteiger partial charge on any atom is -0.456 e. The molecule has 0 saturated heterocycles. The Morgan fingerprint density at radius 1 is 1.15 bits per heavy atom. The highest BCUT2D eigenvalue weighted by molar-refractivity contribution is 9.10. The van der Waals surface area contributed by atoms with Gasteiger partial charge in [-0.1, -0.05) is 33.6 Å². The molecule has 132 valence electrons. The van der Waals surface area contributed by atoms with Crippen LogP contribution in [0.3, 0.4) is 0 Å². The van der Waals surface area contributed by atoms with Gasteiger partial charge in [0.05, 0.1) is 11.3 Å². The fourth-order valence-electron chi connectivity index (χ4n) is 3.49. The smallest absolute Gasteiger partial charge is 0.336 e. The molecule has 2 aromatic carbocycles. The van der Waals surface area contributed by atoms with E-state index in [1.54, 1.807) is 12.1 Å². The van der Waals surface area contributed by atoms with Crippen LogP contribution in [0.15, 0.2) is 58.2 Å². The first-order chi connectivity index (χ1) is 12.5. The van der Waals surface area contributed by atoms with Gasteiger partial charge in [-0.15, -0.1) is 0 Å². The zero-order valence-electron chi connectivity index (χ0n) is 14.0. The van der Waals surface area contributed by atoms with Crippen LogP contribution in [0.5, 0.6) is 0 Å². The zero-order valence-corrected chi connectivity index (χ0v) is 15.5. The Balaban J connectivity index is 1.85. The fraction of sp³-hybridized carbons (Fsp3) is 0.200. The molecule has 2 aromatic rings. The number of hydrogen-bond donors (Lipinski definition) is 0. The molecule has 0 radical (unpaired) electrons. The molecule has 0 bridgehead atoms. The summed E-state index contributed by atoms with van der Waals surface area (Å²) in [5.74, 6) is -1.77. The summed E-state index contributed by atoms with van der Waals surface area (Å²) in [6.07, 6.45) is 0.00911. The van der Waals surface area contributed by atoms with Crippen molar-refractivity contribution >= 4 is 33.5 Å². The van der Waals surface area contributed by atoms with E-state index in [0.29, 0.717) is 27.0 Å². The number of nitrogens with zero attached hydrogens (tertiary/aromatic N) is 1. The molecule has 2 heterocycles. The Kier molecular flexibility index (Phi) is 4.15. The summed E-state index contributed by atoms with van der Waals surface area (Å²) in [5, 5.41) is 0. The minimum absolute atomic E-state index is 0.00911. The number of aryl methyl sites for hydroxylation is 1. The fourth-order valence-corrected chi connectivity index (χ4v) is 3.87. The van der Waals surface area contributed by atoms with Crippen LogP contribution in [0.25, 0.3) is 0 Å². The van der Waals surface area contributed by atoms with Gasteiger partial charge in [0.2, 0.25) is 5.91 Å². The number of cyclic esters (lactones) is 1. The van der Waals surface area contributed by atoms with Crippen molar-refractivity contribution in [3.63, 3.8) is 0 Å². The van der Waals surface area contributed by atoms with Gasteiger partial charge in [0.1, 0.15) is 12.4 Å². The lowest BCUT2D eigenvalue weighted by atomic mass is 9.84. The summed E-state index contributed by atoms with van der Waals surface area (Å²) >= 11 is 3.33. The van der Waals surface area contributed by atoms with Crippen molar-refractivity contribution in [3.8, 4) is 0 Å². The van der Waals surface area contributed by atoms with E-state index in [4.69, 9.17) is 4.74 Å². The van der Waals surface area contributed by atoms with E-state index in [1.165, 1.54) is 11.0 Å². The van der Waals surface area contributed by atoms with Crippen LogP contribution in [-0.4, -0.2) is 18.5 Å². The van der Waals surface area contributed by atoms with Crippen LogP contribution in [-0.2, 0) is 14.3 Å². The van der Waals surface area contributed by atoms with Crippen molar-refractivity contribution in [1.29, 1.82) is 0 Å². The quantitative estimate of drug-likeness (QED) is 0.689. The molecule has 2 aliphatic heterocycles. The van der Waals surface area contributed by atoms with Gasteiger partial charge in [-0.05, 0) is 42.8 Å². The first kappa shape index (κ1) is 17.0. The second-order valence-electron chi connectivity index (χ2n) is 6.42. The van der Waals surface area contributed by atoms with Crippen molar-refractivity contribution in [2.24, 2.45) is 0 Å².